The first-order valence-corrected chi connectivity index (χ1v) is 10.1. The minimum Gasteiger partial charge on any atom is -0.492 e. The van der Waals surface area contributed by atoms with Crippen LogP contribution in [0, 0.1) is 9.49 Å². The van der Waals surface area contributed by atoms with Crippen molar-refractivity contribution in [2.75, 3.05) is 11.6 Å². The lowest BCUT2D eigenvalue weighted by atomic mass is 9.78. The zero-order chi connectivity index (χ0) is 19.1. The van der Waals surface area contributed by atoms with Crippen molar-refractivity contribution >= 4 is 39.9 Å². The third-order valence-corrected chi connectivity index (χ3v) is 6.05. The van der Waals surface area contributed by atoms with Gasteiger partial charge in [-0.05, 0) is 58.5 Å². The Balaban J connectivity index is 1.72. The topological polar surface area (TPSA) is 54.8 Å². The van der Waals surface area contributed by atoms with Crippen LogP contribution in [-0.2, 0) is 4.79 Å². The molecule has 2 aromatic carbocycles. The average Bonchev–Trinajstić information content (AvgIpc) is 2.74. The number of halogens is 1. The number of nitrogens with zero attached hydrogens (tertiary/aromatic N) is 3. The van der Waals surface area contributed by atoms with Crippen LogP contribution in [-0.4, -0.2) is 23.2 Å². The van der Waals surface area contributed by atoms with E-state index >= 15 is 0 Å². The predicted octanol–water partition coefficient (Wildman–Crippen LogP) is 4.23. The molecule has 0 radical (unpaired) electrons. The summed E-state index contributed by atoms with van der Waals surface area (Å²) < 4.78 is 6.96. The first-order valence-electron chi connectivity index (χ1n) is 9.03. The number of amides is 1. The summed E-state index contributed by atoms with van der Waals surface area (Å²) >= 11 is 2.24. The van der Waals surface area contributed by atoms with Gasteiger partial charge in [-0.2, -0.15) is 10.1 Å². The molecule has 0 aliphatic carbocycles. The van der Waals surface area contributed by atoms with Crippen molar-refractivity contribution in [1.29, 1.82) is 0 Å². The molecule has 2 aliphatic rings. The second-order valence-electron chi connectivity index (χ2n) is 6.76. The summed E-state index contributed by atoms with van der Waals surface area (Å²) in [6.07, 6.45) is 3.48. The summed E-state index contributed by atoms with van der Waals surface area (Å²) in [5.74, 6) is 0.197. The first-order chi connectivity index (χ1) is 13.7. The number of hydrogen-bond donors (Lipinski definition) is 0. The summed E-state index contributed by atoms with van der Waals surface area (Å²) in [4.78, 5) is 17.8. The number of anilines is 1. The van der Waals surface area contributed by atoms with Gasteiger partial charge in [0.15, 0.2) is 0 Å². The number of aromatic nitrogens is 1. The molecule has 0 fully saturated rings. The number of rotatable bonds is 2. The van der Waals surface area contributed by atoms with Gasteiger partial charge in [0.05, 0.1) is 29.8 Å². The van der Waals surface area contributed by atoms with E-state index in [1.54, 1.807) is 17.4 Å². The Morgan fingerprint density at radius 3 is 2.68 bits per heavy atom. The van der Waals surface area contributed by atoms with E-state index in [2.05, 4.69) is 27.6 Å². The highest BCUT2D eigenvalue weighted by molar-refractivity contribution is 14.1. The molecule has 5 rings (SSSR count). The Bertz CT molecular complexity index is 1080. The highest BCUT2D eigenvalue weighted by Gasteiger charge is 2.44. The maximum atomic E-state index is 13.6. The number of fused-ring (bicyclic) bond motifs is 3. The Hall–Kier alpha value is -2.74. The van der Waals surface area contributed by atoms with Crippen LogP contribution in [0.3, 0.4) is 0 Å². The second-order valence-corrected chi connectivity index (χ2v) is 7.93. The summed E-state index contributed by atoms with van der Waals surface area (Å²) in [5.41, 5.74) is 3.49. The highest BCUT2D eigenvalue weighted by atomic mass is 127. The van der Waals surface area contributed by atoms with Crippen molar-refractivity contribution in [2.24, 2.45) is 11.0 Å². The van der Waals surface area contributed by atoms with Gasteiger partial charge in [0.2, 0.25) is 0 Å². The van der Waals surface area contributed by atoms with Crippen LogP contribution in [0.15, 0.2) is 78.2 Å². The predicted molar refractivity (Wildman–Crippen MR) is 116 cm³/mol. The van der Waals surface area contributed by atoms with Gasteiger partial charge in [-0.1, -0.05) is 30.3 Å². The van der Waals surface area contributed by atoms with Gasteiger partial charge < -0.3 is 4.74 Å². The number of para-hydroxylation sites is 2. The molecule has 0 bridgehead atoms. The Morgan fingerprint density at radius 1 is 1.04 bits per heavy atom. The highest BCUT2D eigenvalue weighted by Crippen LogP contribution is 2.41. The number of hydrazone groups is 1. The van der Waals surface area contributed by atoms with Crippen LogP contribution in [0.1, 0.15) is 17.0 Å². The lowest BCUT2D eigenvalue weighted by Crippen LogP contribution is -2.47. The molecule has 2 unspecified atom stereocenters. The van der Waals surface area contributed by atoms with Gasteiger partial charge in [0, 0.05) is 21.5 Å². The Labute approximate surface area is 176 Å². The van der Waals surface area contributed by atoms with Gasteiger partial charge in [-0.25, -0.2) is 0 Å². The van der Waals surface area contributed by atoms with Crippen LogP contribution in [0.25, 0.3) is 0 Å². The van der Waals surface area contributed by atoms with Crippen molar-refractivity contribution in [3.05, 3.63) is 87.8 Å². The fourth-order valence-electron chi connectivity index (χ4n) is 3.84. The lowest BCUT2D eigenvalue weighted by Gasteiger charge is -2.38. The molecule has 1 aromatic heterocycles. The Morgan fingerprint density at radius 2 is 1.86 bits per heavy atom. The quantitative estimate of drug-likeness (QED) is 0.515. The second kappa shape index (κ2) is 7.01. The average molecular weight is 481 g/mol. The van der Waals surface area contributed by atoms with Crippen LogP contribution in [0.5, 0.6) is 5.75 Å². The molecule has 28 heavy (non-hydrogen) atoms. The third kappa shape index (κ3) is 2.79. The lowest BCUT2D eigenvalue weighted by molar-refractivity contribution is -0.121. The van der Waals surface area contributed by atoms with E-state index in [-0.39, 0.29) is 11.8 Å². The number of carbonyl (C=O) groups is 1. The van der Waals surface area contributed by atoms with Crippen molar-refractivity contribution in [3.8, 4) is 5.75 Å². The van der Waals surface area contributed by atoms with E-state index in [9.17, 15) is 4.79 Å². The first kappa shape index (κ1) is 17.4. The maximum Gasteiger partial charge on any atom is 0.255 e. The van der Waals surface area contributed by atoms with E-state index in [1.807, 2.05) is 60.7 Å². The number of benzene rings is 2. The SMILES string of the molecule is O=C1C(c2cccnc2)C2COc3ccccc3C2=NN1c1ccccc1I. The molecule has 2 atom stereocenters. The zero-order valence-electron chi connectivity index (χ0n) is 14.8. The van der Waals surface area contributed by atoms with Gasteiger partial charge in [-0.3, -0.25) is 9.78 Å². The van der Waals surface area contributed by atoms with Crippen LogP contribution < -0.4 is 9.75 Å². The van der Waals surface area contributed by atoms with Gasteiger partial charge in [-0.15, -0.1) is 0 Å². The molecule has 5 nitrogen and oxygen atoms in total. The van der Waals surface area contributed by atoms with E-state index in [0.29, 0.717) is 6.61 Å². The minimum atomic E-state index is -0.398. The minimum absolute atomic E-state index is 0.0613. The molecule has 6 heteroatoms. The summed E-state index contributed by atoms with van der Waals surface area (Å²) in [7, 11) is 0. The molecule has 0 saturated carbocycles. The molecular weight excluding hydrogens is 465 g/mol. The molecular formula is C22H16IN3O2. The van der Waals surface area contributed by atoms with Gasteiger partial charge in [0.25, 0.3) is 5.91 Å². The summed E-state index contributed by atoms with van der Waals surface area (Å²) in [5, 5.41) is 6.38. The summed E-state index contributed by atoms with van der Waals surface area (Å²) in [6.45, 7) is 0.418. The number of pyridine rings is 1. The number of carbonyl (C=O) groups excluding carboxylic acids is 1. The van der Waals surface area contributed by atoms with Crippen molar-refractivity contribution < 1.29 is 9.53 Å². The standard InChI is InChI=1S/C22H16IN3O2/c23-17-8-2-3-9-18(17)26-22(27)20(14-6-5-11-24-12-14)16-13-28-19-10-4-1-7-15(19)21(16)25-26/h1-12,16,20H,13H2. The molecule has 1 amide bonds. The molecule has 0 spiro atoms. The van der Waals surface area contributed by atoms with E-state index in [0.717, 1.165) is 31.8 Å². The molecule has 138 valence electrons. The van der Waals surface area contributed by atoms with E-state index < -0.39 is 5.92 Å². The normalized spacial score (nSPS) is 20.7. The zero-order valence-corrected chi connectivity index (χ0v) is 17.0. The van der Waals surface area contributed by atoms with Gasteiger partial charge >= 0.3 is 0 Å². The smallest absolute Gasteiger partial charge is 0.255 e. The van der Waals surface area contributed by atoms with E-state index in [4.69, 9.17) is 9.84 Å². The largest absolute Gasteiger partial charge is 0.492 e. The van der Waals surface area contributed by atoms with Crippen LogP contribution in [0.2, 0.25) is 0 Å². The van der Waals surface area contributed by atoms with Crippen molar-refractivity contribution in [3.63, 3.8) is 0 Å². The third-order valence-electron chi connectivity index (χ3n) is 5.14. The molecule has 0 saturated heterocycles. The fourth-order valence-corrected chi connectivity index (χ4v) is 4.45. The van der Waals surface area contributed by atoms with Crippen molar-refractivity contribution in [2.45, 2.75) is 5.92 Å². The fraction of sp³-hybridized carbons (Fsp3) is 0.136. The molecule has 3 aromatic rings. The summed E-state index contributed by atoms with van der Waals surface area (Å²) in [6, 6.07) is 19.5. The van der Waals surface area contributed by atoms with Gasteiger partial charge in [0.1, 0.15) is 5.75 Å². The molecule has 2 aliphatic heterocycles. The van der Waals surface area contributed by atoms with Crippen LogP contribution in [0.4, 0.5) is 5.69 Å². The molecule has 3 heterocycles. The van der Waals surface area contributed by atoms with E-state index in [1.165, 1.54) is 0 Å². The maximum absolute atomic E-state index is 13.6. The number of hydrogen-bond acceptors (Lipinski definition) is 4. The monoisotopic (exact) mass is 481 g/mol. The molecule has 0 N–H and O–H groups in total. The number of ether oxygens (including phenoxy) is 1. The van der Waals surface area contributed by atoms with Crippen molar-refractivity contribution in [1.82, 2.24) is 4.98 Å². The van der Waals surface area contributed by atoms with Crippen LogP contribution >= 0.6 is 22.6 Å². The Kier molecular flexibility index (Phi) is 4.35.